The van der Waals surface area contributed by atoms with Crippen LogP contribution in [0.2, 0.25) is 0 Å². The van der Waals surface area contributed by atoms with Crippen LogP contribution in [0.4, 0.5) is 0 Å². The number of aliphatic hydroxyl groups excluding tert-OH is 1. The van der Waals surface area contributed by atoms with Gasteiger partial charge in [-0.25, -0.2) is 0 Å². The zero-order chi connectivity index (χ0) is 8.69. The van der Waals surface area contributed by atoms with Crippen LogP contribution in [0.15, 0.2) is 18.2 Å². The molecule has 1 heterocycles. The minimum atomic E-state index is 0. The van der Waals surface area contributed by atoms with Crippen molar-refractivity contribution in [1.82, 2.24) is 4.98 Å². The fraction of sp³-hybridized carbons (Fsp3) is 0.500. The first-order valence-electron chi connectivity index (χ1n) is 3.86. The Balaban J connectivity index is 0. The molecule has 0 saturated carbocycles. The van der Waals surface area contributed by atoms with Gasteiger partial charge in [-0.3, -0.25) is 4.98 Å². The van der Waals surface area contributed by atoms with Crippen LogP contribution in [-0.2, 0) is 6.61 Å². The number of aromatic nitrogens is 1. The fourth-order valence-corrected chi connectivity index (χ4v) is 0.688. The van der Waals surface area contributed by atoms with Gasteiger partial charge in [0.05, 0.1) is 12.3 Å². The van der Waals surface area contributed by atoms with Crippen LogP contribution in [-0.4, -0.2) is 10.1 Å². The van der Waals surface area contributed by atoms with E-state index < -0.39 is 0 Å². The summed E-state index contributed by atoms with van der Waals surface area (Å²) in [4.78, 5) is 4.04. The van der Waals surface area contributed by atoms with Crippen LogP contribution in [0.5, 0.6) is 0 Å². The molecule has 12 heavy (non-hydrogen) atoms. The lowest BCUT2D eigenvalue weighted by molar-refractivity contribution is 0.276. The van der Waals surface area contributed by atoms with Gasteiger partial charge in [0.1, 0.15) is 0 Å². The van der Waals surface area contributed by atoms with Crippen LogP contribution >= 0.6 is 0 Å². The monoisotopic (exact) mass is 169 g/mol. The summed E-state index contributed by atoms with van der Waals surface area (Å²) in [6.45, 7) is 5.93. The summed E-state index contributed by atoms with van der Waals surface area (Å²) in [5.74, 6) is 0. The Morgan fingerprint density at radius 1 is 1.33 bits per heavy atom. The quantitative estimate of drug-likeness (QED) is 0.700. The minimum absolute atomic E-state index is 0. The lowest BCUT2D eigenvalue weighted by atomic mass is 10.3. The third-order valence-corrected chi connectivity index (χ3v) is 1.11. The van der Waals surface area contributed by atoms with Gasteiger partial charge in [0.15, 0.2) is 0 Å². The Morgan fingerprint density at radius 2 is 1.92 bits per heavy atom. The van der Waals surface area contributed by atoms with Crippen molar-refractivity contribution in [2.24, 2.45) is 0 Å². The lowest BCUT2D eigenvalue weighted by Crippen LogP contribution is -1.89. The molecule has 70 valence electrons. The van der Waals surface area contributed by atoms with E-state index in [4.69, 9.17) is 5.11 Å². The molecule has 0 atom stereocenters. The third kappa shape index (κ3) is 4.85. The normalized spacial score (nSPS) is 7.67. The van der Waals surface area contributed by atoms with E-state index >= 15 is 0 Å². The topological polar surface area (TPSA) is 33.1 Å². The molecule has 0 aliphatic carbocycles. The van der Waals surface area contributed by atoms with Crippen molar-refractivity contribution in [3.63, 3.8) is 0 Å². The Morgan fingerprint density at radius 3 is 2.25 bits per heavy atom. The molecule has 1 aromatic rings. The molecule has 0 aromatic carbocycles. The van der Waals surface area contributed by atoms with Crippen molar-refractivity contribution in [3.05, 3.63) is 29.6 Å². The first kappa shape index (κ1) is 13.7. The molecule has 0 amide bonds. The van der Waals surface area contributed by atoms with E-state index in [1.807, 2.05) is 32.9 Å². The molecule has 0 spiro atoms. The molecule has 0 bridgehead atoms. The van der Waals surface area contributed by atoms with Crippen molar-refractivity contribution in [2.75, 3.05) is 0 Å². The fourth-order valence-electron chi connectivity index (χ4n) is 0.688. The average Bonchev–Trinajstić information content (AvgIpc) is 2.08. The number of nitrogens with zero attached hydrogens (tertiary/aromatic N) is 1. The molecule has 2 heteroatoms. The predicted octanol–water partition coefficient (Wildman–Crippen LogP) is 2.54. The molecule has 1 rings (SSSR count). The summed E-state index contributed by atoms with van der Waals surface area (Å²) in [6, 6.07) is 5.58. The van der Waals surface area contributed by atoms with E-state index in [0.29, 0.717) is 0 Å². The summed E-state index contributed by atoms with van der Waals surface area (Å²) in [5, 5.41) is 8.60. The van der Waals surface area contributed by atoms with Gasteiger partial charge in [-0.1, -0.05) is 27.3 Å². The van der Waals surface area contributed by atoms with E-state index in [9.17, 15) is 0 Å². The molecule has 0 fully saturated rings. The van der Waals surface area contributed by atoms with Crippen molar-refractivity contribution in [1.29, 1.82) is 0 Å². The van der Waals surface area contributed by atoms with Gasteiger partial charge in [0, 0.05) is 5.69 Å². The van der Waals surface area contributed by atoms with E-state index in [1.54, 1.807) is 6.07 Å². The summed E-state index contributed by atoms with van der Waals surface area (Å²) in [7, 11) is 0. The smallest absolute Gasteiger partial charge is 0.0853 e. The Hall–Kier alpha value is -0.890. The molecule has 0 saturated heterocycles. The highest BCUT2D eigenvalue weighted by molar-refractivity contribution is 5.08. The second-order valence-corrected chi connectivity index (χ2v) is 1.93. The van der Waals surface area contributed by atoms with Gasteiger partial charge in [0.25, 0.3) is 0 Å². The maximum absolute atomic E-state index is 8.60. The number of hydrogen-bond donors (Lipinski definition) is 1. The number of aliphatic hydroxyl groups is 1. The summed E-state index contributed by atoms with van der Waals surface area (Å²) in [6.07, 6.45) is 0. The molecular weight excluding hydrogens is 150 g/mol. The molecule has 1 N–H and O–H groups in total. The van der Waals surface area contributed by atoms with Crippen LogP contribution < -0.4 is 0 Å². The highest BCUT2D eigenvalue weighted by Gasteiger charge is 1.88. The highest BCUT2D eigenvalue weighted by Crippen LogP contribution is 1.96. The van der Waals surface area contributed by atoms with E-state index in [2.05, 4.69) is 4.98 Å². The lowest BCUT2D eigenvalue weighted by Gasteiger charge is -1.93. The standard InChI is InChI=1S/C7H9NO.C2H6.CH4/c1-6-3-2-4-7(5-9)8-6;1-2;/h2-4,9H,5H2,1H3;1-2H3;1H4. The molecule has 0 aliphatic rings. The maximum atomic E-state index is 8.60. The second-order valence-electron chi connectivity index (χ2n) is 1.93. The minimum Gasteiger partial charge on any atom is -0.390 e. The Bertz CT molecular complexity index is 199. The van der Waals surface area contributed by atoms with Gasteiger partial charge < -0.3 is 5.11 Å². The Kier molecular flexibility index (Phi) is 9.36. The Labute approximate surface area is 75.3 Å². The first-order chi connectivity index (χ1) is 5.33. The van der Waals surface area contributed by atoms with Crippen LogP contribution in [0.25, 0.3) is 0 Å². The van der Waals surface area contributed by atoms with Crippen molar-refractivity contribution >= 4 is 0 Å². The third-order valence-electron chi connectivity index (χ3n) is 1.11. The van der Waals surface area contributed by atoms with E-state index in [1.165, 1.54) is 0 Å². The van der Waals surface area contributed by atoms with Crippen LogP contribution in [0.1, 0.15) is 32.7 Å². The van der Waals surface area contributed by atoms with Crippen molar-refractivity contribution in [3.8, 4) is 0 Å². The second kappa shape index (κ2) is 8.21. The molecule has 0 unspecified atom stereocenters. The van der Waals surface area contributed by atoms with Crippen molar-refractivity contribution < 1.29 is 5.11 Å². The zero-order valence-corrected chi connectivity index (χ0v) is 7.33. The summed E-state index contributed by atoms with van der Waals surface area (Å²) in [5.41, 5.74) is 1.68. The van der Waals surface area contributed by atoms with Gasteiger partial charge in [-0.2, -0.15) is 0 Å². The number of hydrogen-bond acceptors (Lipinski definition) is 2. The summed E-state index contributed by atoms with van der Waals surface area (Å²) >= 11 is 0. The van der Waals surface area contributed by atoms with Gasteiger partial charge in [-0.15, -0.1) is 0 Å². The number of aryl methyl sites for hydroxylation is 1. The predicted molar refractivity (Wildman–Crippen MR) is 53.0 cm³/mol. The average molecular weight is 169 g/mol. The highest BCUT2D eigenvalue weighted by atomic mass is 16.3. The van der Waals surface area contributed by atoms with Gasteiger partial charge in [0.2, 0.25) is 0 Å². The summed E-state index contributed by atoms with van der Waals surface area (Å²) < 4.78 is 0. The van der Waals surface area contributed by atoms with E-state index in [-0.39, 0.29) is 14.0 Å². The first-order valence-corrected chi connectivity index (χ1v) is 3.86. The largest absolute Gasteiger partial charge is 0.390 e. The van der Waals surface area contributed by atoms with Crippen LogP contribution in [0.3, 0.4) is 0 Å². The molecule has 2 nitrogen and oxygen atoms in total. The van der Waals surface area contributed by atoms with E-state index in [0.717, 1.165) is 11.4 Å². The van der Waals surface area contributed by atoms with Crippen LogP contribution in [0, 0.1) is 6.92 Å². The maximum Gasteiger partial charge on any atom is 0.0853 e. The zero-order valence-electron chi connectivity index (χ0n) is 7.33. The SMILES string of the molecule is C.CC.Cc1cccc(CO)n1. The van der Waals surface area contributed by atoms with Crippen molar-refractivity contribution in [2.45, 2.75) is 34.8 Å². The van der Waals surface area contributed by atoms with Gasteiger partial charge >= 0.3 is 0 Å². The molecular formula is C10H19NO. The number of rotatable bonds is 1. The molecule has 0 radical (unpaired) electrons. The molecule has 0 aliphatic heterocycles. The number of pyridine rings is 1. The van der Waals surface area contributed by atoms with Gasteiger partial charge in [-0.05, 0) is 19.1 Å². The molecule has 1 aromatic heterocycles.